The molecule has 0 saturated carbocycles. The van der Waals surface area contributed by atoms with E-state index in [1.165, 1.54) is 0 Å². The number of aryl methyl sites for hydroxylation is 1. The smallest absolute Gasteiger partial charge is 0.321 e. The van der Waals surface area contributed by atoms with Gasteiger partial charge in [0, 0.05) is 60.5 Å². The van der Waals surface area contributed by atoms with E-state index in [0.717, 1.165) is 43.4 Å². The molecule has 2 unspecified atom stereocenters. The maximum Gasteiger partial charge on any atom is 0.321 e. The van der Waals surface area contributed by atoms with Crippen LogP contribution in [-0.2, 0) is 0 Å². The average Bonchev–Trinajstić information content (AvgIpc) is 3.16. The lowest BCUT2D eigenvalue weighted by atomic mass is 10.0. The normalized spacial score (nSPS) is 22.2. The lowest BCUT2D eigenvalue weighted by Crippen LogP contribution is -2.36. The Hall–Kier alpha value is -2.34. The Bertz CT molecular complexity index is 767. The summed E-state index contributed by atoms with van der Waals surface area (Å²) in [6.07, 6.45) is 1.62. The molecule has 1 N–H and O–H groups in total. The predicted octanol–water partition coefficient (Wildman–Crippen LogP) is 3.04. The molecule has 2 atom stereocenters. The zero-order valence-electron chi connectivity index (χ0n) is 14.0. The molecule has 2 aromatic rings. The Morgan fingerprint density at radius 3 is 2.44 bits per heavy atom. The predicted molar refractivity (Wildman–Crippen MR) is 98.0 cm³/mol. The molecule has 0 spiro atoms. The fraction of sp³-hybridized carbons (Fsp3) is 0.389. The number of carbonyl (C=O) groups is 1. The summed E-state index contributed by atoms with van der Waals surface area (Å²) >= 11 is 5.88. The summed E-state index contributed by atoms with van der Waals surface area (Å²) in [7, 11) is 0. The van der Waals surface area contributed by atoms with Crippen molar-refractivity contribution < 1.29 is 4.79 Å². The molecule has 0 radical (unpaired) electrons. The van der Waals surface area contributed by atoms with E-state index in [2.05, 4.69) is 20.2 Å². The van der Waals surface area contributed by atoms with E-state index in [9.17, 15) is 4.79 Å². The van der Waals surface area contributed by atoms with E-state index in [1.807, 2.05) is 30.0 Å². The SMILES string of the molecule is Cc1cc(N2CC3CN(C(=O)Nc4ccc(Cl)cc4)CC3C2)ncn1. The van der Waals surface area contributed by atoms with E-state index < -0.39 is 0 Å². The van der Waals surface area contributed by atoms with Crippen LogP contribution in [0.1, 0.15) is 5.69 Å². The van der Waals surface area contributed by atoms with Crippen LogP contribution in [0.25, 0.3) is 0 Å². The number of carbonyl (C=O) groups excluding carboxylic acids is 1. The molecule has 2 amide bonds. The zero-order chi connectivity index (χ0) is 17.4. The molecular weight excluding hydrogens is 338 g/mol. The number of rotatable bonds is 2. The lowest BCUT2D eigenvalue weighted by molar-refractivity contribution is 0.219. The van der Waals surface area contributed by atoms with Crippen molar-refractivity contribution in [3.8, 4) is 0 Å². The van der Waals surface area contributed by atoms with Crippen molar-refractivity contribution >= 4 is 29.1 Å². The molecule has 2 aliphatic rings. The monoisotopic (exact) mass is 357 g/mol. The number of fused-ring (bicyclic) bond motifs is 1. The molecule has 25 heavy (non-hydrogen) atoms. The minimum absolute atomic E-state index is 0.0406. The van der Waals surface area contributed by atoms with Crippen molar-refractivity contribution in [3.05, 3.63) is 47.4 Å². The number of nitrogens with zero attached hydrogens (tertiary/aromatic N) is 4. The number of urea groups is 1. The second-order valence-electron chi connectivity index (χ2n) is 6.78. The Morgan fingerprint density at radius 1 is 1.12 bits per heavy atom. The number of anilines is 2. The molecule has 4 rings (SSSR count). The molecule has 2 fully saturated rings. The third-order valence-corrected chi connectivity index (χ3v) is 5.23. The topological polar surface area (TPSA) is 61.4 Å². The lowest BCUT2D eigenvalue weighted by Gasteiger charge is -2.22. The number of hydrogen-bond donors (Lipinski definition) is 1. The molecule has 2 saturated heterocycles. The highest BCUT2D eigenvalue weighted by Crippen LogP contribution is 2.33. The second-order valence-corrected chi connectivity index (χ2v) is 7.22. The molecule has 130 valence electrons. The number of amides is 2. The molecule has 2 aliphatic heterocycles. The van der Waals surface area contributed by atoms with Crippen molar-refractivity contribution in [1.82, 2.24) is 14.9 Å². The number of hydrogen-bond acceptors (Lipinski definition) is 4. The fourth-order valence-corrected chi connectivity index (χ4v) is 3.82. The van der Waals surface area contributed by atoms with Crippen LogP contribution in [0.3, 0.4) is 0 Å². The van der Waals surface area contributed by atoms with E-state index in [0.29, 0.717) is 16.9 Å². The van der Waals surface area contributed by atoms with Gasteiger partial charge in [-0.3, -0.25) is 0 Å². The molecule has 0 bridgehead atoms. The molecule has 0 aliphatic carbocycles. The summed E-state index contributed by atoms with van der Waals surface area (Å²) in [6, 6.07) is 9.16. The molecule has 1 aromatic carbocycles. The van der Waals surface area contributed by atoms with E-state index in [4.69, 9.17) is 11.6 Å². The first-order valence-electron chi connectivity index (χ1n) is 8.43. The highest BCUT2D eigenvalue weighted by atomic mass is 35.5. The van der Waals surface area contributed by atoms with Crippen molar-refractivity contribution in [2.24, 2.45) is 11.8 Å². The highest BCUT2D eigenvalue weighted by molar-refractivity contribution is 6.30. The van der Waals surface area contributed by atoms with Crippen LogP contribution in [0.15, 0.2) is 36.7 Å². The number of aromatic nitrogens is 2. The van der Waals surface area contributed by atoms with Crippen LogP contribution < -0.4 is 10.2 Å². The van der Waals surface area contributed by atoms with Gasteiger partial charge in [0.2, 0.25) is 0 Å². The van der Waals surface area contributed by atoms with E-state index in [-0.39, 0.29) is 6.03 Å². The van der Waals surface area contributed by atoms with Crippen LogP contribution in [0.5, 0.6) is 0 Å². The summed E-state index contributed by atoms with van der Waals surface area (Å²) < 4.78 is 0. The first-order valence-corrected chi connectivity index (χ1v) is 8.81. The second kappa shape index (κ2) is 6.52. The molecule has 6 nitrogen and oxygen atoms in total. The maximum atomic E-state index is 12.5. The number of nitrogens with one attached hydrogen (secondary N) is 1. The average molecular weight is 358 g/mol. The summed E-state index contributed by atoms with van der Waals surface area (Å²) in [4.78, 5) is 25.2. The zero-order valence-corrected chi connectivity index (χ0v) is 14.8. The van der Waals surface area contributed by atoms with Crippen LogP contribution >= 0.6 is 11.6 Å². The van der Waals surface area contributed by atoms with Crippen molar-refractivity contribution in [2.45, 2.75) is 6.92 Å². The first-order chi connectivity index (χ1) is 12.1. The Balaban J connectivity index is 1.36. The Kier molecular flexibility index (Phi) is 4.21. The van der Waals surface area contributed by atoms with Crippen molar-refractivity contribution in [1.29, 1.82) is 0 Å². The van der Waals surface area contributed by atoms with Crippen LogP contribution in [-0.4, -0.2) is 47.1 Å². The summed E-state index contributed by atoms with van der Waals surface area (Å²) in [5, 5.41) is 3.61. The van der Waals surface area contributed by atoms with Gasteiger partial charge in [-0.2, -0.15) is 0 Å². The standard InChI is InChI=1S/C18H20ClN5O/c1-12-6-17(21-11-20-12)23-7-13-9-24(10-14(13)8-23)18(25)22-16-4-2-15(19)3-5-16/h2-6,11,13-14H,7-10H2,1H3,(H,22,25). The molecular formula is C18H20ClN5O. The summed E-state index contributed by atoms with van der Waals surface area (Å²) in [5.74, 6) is 1.97. The maximum absolute atomic E-state index is 12.5. The third kappa shape index (κ3) is 3.39. The van der Waals surface area contributed by atoms with Crippen molar-refractivity contribution in [3.63, 3.8) is 0 Å². The largest absolute Gasteiger partial charge is 0.356 e. The van der Waals surface area contributed by atoms with Crippen LogP contribution in [0, 0.1) is 18.8 Å². The number of likely N-dealkylation sites (tertiary alicyclic amines) is 1. The summed E-state index contributed by atoms with van der Waals surface area (Å²) in [5.41, 5.74) is 1.75. The minimum atomic E-state index is -0.0406. The fourth-order valence-electron chi connectivity index (χ4n) is 3.70. The minimum Gasteiger partial charge on any atom is -0.356 e. The van der Waals surface area contributed by atoms with Crippen LogP contribution in [0.4, 0.5) is 16.3 Å². The molecule has 3 heterocycles. The van der Waals surface area contributed by atoms with Gasteiger partial charge < -0.3 is 15.1 Å². The summed E-state index contributed by atoms with van der Waals surface area (Å²) in [6.45, 7) is 5.41. The van der Waals surface area contributed by atoms with Gasteiger partial charge in [0.1, 0.15) is 12.1 Å². The van der Waals surface area contributed by atoms with Gasteiger partial charge in [0.05, 0.1) is 0 Å². The van der Waals surface area contributed by atoms with Crippen molar-refractivity contribution in [2.75, 3.05) is 36.4 Å². The quantitative estimate of drug-likeness (QED) is 0.897. The van der Waals surface area contributed by atoms with Gasteiger partial charge >= 0.3 is 6.03 Å². The highest BCUT2D eigenvalue weighted by Gasteiger charge is 2.42. The van der Waals surface area contributed by atoms with Gasteiger partial charge in [-0.25, -0.2) is 14.8 Å². The number of halogens is 1. The van der Waals surface area contributed by atoms with Crippen LogP contribution in [0.2, 0.25) is 5.02 Å². The van der Waals surface area contributed by atoms with Gasteiger partial charge in [-0.05, 0) is 31.2 Å². The van der Waals surface area contributed by atoms with Gasteiger partial charge in [-0.15, -0.1) is 0 Å². The molecule has 1 aromatic heterocycles. The Morgan fingerprint density at radius 2 is 1.80 bits per heavy atom. The first kappa shape index (κ1) is 16.1. The number of benzene rings is 1. The van der Waals surface area contributed by atoms with Gasteiger partial charge in [-0.1, -0.05) is 11.6 Å². The third-order valence-electron chi connectivity index (χ3n) is 4.98. The van der Waals surface area contributed by atoms with Gasteiger partial charge in [0.25, 0.3) is 0 Å². The van der Waals surface area contributed by atoms with Gasteiger partial charge in [0.15, 0.2) is 0 Å². The van der Waals surface area contributed by atoms with E-state index in [1.54, 1.807) is 18.5 Å². The molecule has 7 heteroatoms. The van der Waals surface area contributed by atoms with E-state index >= 15 is 0 Å². The Labute approximate surface area is 151 Å².